The third-order valence-corrected chi connectivity index (χ3v) is 6.08. The van der Waals surface area contributed by atoms with E-state index in [9.17, 15) is 4.79 Å². The molecule has 0 unspecified atom stereocenters. The van der Waals surface area contributed by atoms with Crippen LogP contribution in [0.2, 0.25) is 0 Å². The fraction of sp³-hybridized carbons (Fsp3) is 0.500. The molecule has 0 amide bonds. The summed E-state index contributed by atoms with van der Waals surface area (Å²) in [4.78, 5) is 22.9. The van der Waals surface area contributed by atoms with E-state index in [1.54, 1.807) is 18.0 Å². The standard InChI is InChI=1S/C18H21N3O3S/c1-4-18(2)8-13-11(9-24-18)7-12-14-15(25-16(12)20-13)17(22)21(10-19-14)5-6-23-3/h7,10H,4-6,8-9H2,1-3H3/t18-/m1/s1. The Hall–Kier alpha value is -1.83. The van der Waals surface area contributed by atoms with Crippen molar-refractivity contribution in [1.29, 1.82) is 0 Å². The second-order valence-corrected chi connectivity index (χ2v) is 7.73. The van der Waals surface area contributed by atoms with Gasteiger partial charge in [-0.2, -0.15) is 0 Å². The summed E-state index contributed by atoms with van der Waals surface area (Å²) < 4.78 is 13.3. The van der Waals surface area contributed by atoms with Gasteiger partial charge in [-0.3, -0.25) is 9.36 Å². The van der Waals surface area contributed by atoms with Gasteiger partial charge in [0.25, 0.3) is 5.56 Å². The Balaban J connectivity index is 1.86. The van der Waals surface area contributed by atoms with E-state index in [4.69, 9.17) is 14.5 Å². The van der Waals surface area contributed by atoms with Gasteiger partial charge < -0.3 is 9.47 Å². The van der Waals surface area contributed by atoms with E-state index in [1.165, 1.54) is 11.3 Å². The van der Waals surface area contributed by atoms with E-state index in [1.807, 2.05) is 0 Å². The van der Waals surface area contributed by atoms with Crippen LogP contribution in [-0.4, -0.2) is 33.9 Å². The van der Waals surface area contributed by atoms with Crippen molar-refractivity contribution in [1.82, 2.24) is 14.5 Å². The van der Waals surface area contributed by atoms with Crippen LogP contribution in [0.1, 0.15) is 31.5 Å². The van der Waals surface area contributed by atoms with Gasteiger partial charge in [0.1, 0.15) is 9.53 Å². The Labute approximate surface area is 149 Å². The summed E-state index contributed by atoms with van der Waals surface area (Å²) in [6.07, 6.45) is 3.35. The largest absolute Gasteiger partial charge is 0.383 e. The molecule has 0 N–H and O–H groups in total. The van der Waals surface area contributed by atoms with Crippen molar-refractivity contribution >= 4 is 31.8 Å². The molecule has 0 saturated carbocycles. The lowest BCUT2D eigenvalue weighted by molar-refractivity contribution is -0.0573. The number of hydrogen-bond donors (Lipinski definition) is 0. The smallest absolute Gasteiger partial charge is 0.271 e. The zero-order chi connectivity index (χ0) is 17.6. The molecule has 0 bridgehead atoms. The molecule has 25 heavy (non-hydrogen) atoms. The van der Waals surface area contributed by atoms with Crippen LogP contribution in [0.15, 0.2) is 17.2 Å². The number of thiophene rings is 1. The third-order valence-electron chi connectivity index (χ3n) is 5.01. The predicted octanol–water partition coefficient (Wildman–Crippen LogP) is 2.89. The maximum Gasteiger partial charge on any atom is 0.271 e. The van der Waals surface area contributed by atoms with Gasteiger partial charge in [0.05, 0.1) is 42.9 Å². The molecule has 7 heteroatoms. The summed E-state index contributed by atoms with van der Waals surface area (Å²) in [6, 6.07) is 2.09. The molecule has 0 fully saturated rings. The molecule has 0 aromatic carbocycles. The zero-order valence-electron chi connectivity index (χ0n) is 14.7. The average Bonchev–Trinajstić information content (AvgIpc) is 2.97. The van der Waals surface area contributed by atoms with Crippen LogP contribution >= 0.6 is 11.3 Å². The second kappa shape index (κ2) is 6.16. The van der Waals surface area contributed by atoms with Gasteiger partial charge in [0.2, 0.25) is 0 Å². The van der Waals surface area contributed by atoms with E-state index in [2.05, 4.69) is 24.9 Å². The molecule has 0 spiro atoms. The van der Waals surface area contributed by atoms with Crippen LogP contribution in [0.5, 0.6) is 0 Å². The molecule has 0 radical (unpaired) electrons. The minimum Gasteiger partial charge on any atom is -0.383 e. The van der Waals surface area contributed by atoms with Crippen LogP contribution in [0.3, 0.4) is 0 Å². The highest BCUT2D eigenvalue weighted by molar-refractivity contribution is 7.25. The summed E-state index contributed by atoms with van der Waals surface area (Å²) >= 11 is 1.43. The second-order valence-electron chi connectivity index (χ2n) is 6.73. The lowest BCUT2D eigenvalue weighted by Crippen LogP contribution is -2.35. The summed E-state index contributed by atoms with van der Waals surface area (Å²) in [5.74, 6) is 0. The Morgan fingerprint density at radius 3 is 3.08 bits per heavy atom. The number of pyridine rings is 1. The highest BCUT2D eigenvalue weighted by Gasteiger charge is 2.30. The van der Waals surface area contributed by atoms with Gasteiger partial charge in [-0.25, -0.2) is 9.97 Å². The summed E-state index contributed by atoms with van der Waals surface area (Å²) in [7, 11) is 1.62. The summed E-state index contributed by atoms with van der Waals surface area (Å²) in [5.41, 5.74) is 2.73. The first-order chi connectivity index (χ1) is 12.0. The van der Waals surface area contributed by atoms with Crippen molar-refractivity contribution in [3.63, 3.8) is 0 Å². The minimum atomic E-state index is -0.157. The maximum atomic E-state index is 12.7. The summed E-state index contributed by atoms with van der Waals surface area (Å²) in [5, 5.41) is 0.943. The van der Waals surface area contributed by atoms with E-state index >= 15 is 0 Å². The first-order valence-electron chi connectivity index (χ1n) is 8.48. The Morgan fingerprint density at radius 2 is 2.32 bits per heavy atom. The maximum absolute atomic E-state index is 12.7. The summed E-state index contributed by atoms with van der Waals surface area (Å²) in [6.45, 7) is 5.81. The first-order valence-corrected chi connectivity index (χ1v) is 9.29. The van der Waals surface area contributed by atoms with Crippen LogP contribution in [-0.2, 0) is 29.0 Å². The Morgan fingerprint density at radius 1 is 1.48 bits per heavy atom. The number of hydrogen-bond acceptors (Lipinski definition) is 6. The van der Waals surface area contributed by atoms with Crippen molar-refractivity contribution in [3.8, 4) is 0 Å². The predicted molar refractivity (Wildman–Crippen MR) is 98.2 cm³/mol. The highest BCUT2D eigenvalue weighted by atomic mass is 32.1. The molecule has 1 atom stereocenters. The van der Waals surface area contributed by atoms with E-state index in [-0.39, 0.29) is 11.2 Å². The SMILES string of the molecule is CC[C@]1(C)Cc2nc3sc4c(=O)n(CCOC)cnc4c3cc2CO1. The van der Waals surface area contributed by atoms with Gasteiger partial charge in [-0.15, -0.1) is 11.3 Å². The molecular formula is C18H21N3O3S. The van der Waals surface area contributed by atoms with Crippen molar-refractivity contribution < 1.29 is 9.47 Å². The number of fused-ring (bicyclic) bond motifs is 4. The normalized spacial score (nSPS) is 20.3. The molecular weight excluding hydrogens is 338 g/mol. The zero-order valence-corrected chi connectivity index (χ0v) is 15.5. The van der Waals surface area contributed by atoms with Crippen LogP contribution in [0.25, 0.3) is 20.4 Å². The van der Waals surface area contributed by atoms with Crippen LogP contribution in [0, 0.1) is 0 Å². The van der Waals surface area contributed by atoms with E-state index in [0.717, 1.165) is 39.8 Å². The third kappa shape index (κ3) is 2.76. The van der Waals surface area contributed by atoms with Gasteiger partial charge in [-0.1, -0.05) is 6.92 Å². The first kappa shape index (κ1) is 16.6. The van der Waals surface area contributed by atoms with E-state index in [0.29, 0.717) is 24.5 Å². The highest BCUT2D eigenvalue weighted by Crippen LogP contribution is 2.35. The van der Waals surface area contributed by atoms with Gasteiger partial charge >= 0.3 is 0 Å². The quantitative estimate of drug-likeness (QED) is 0.717. The fourth-order valence-corrected chi connectivity index (χ4v) is 4.26. The molecule has 132 valence electrons. The van der Waals surface area contributed by atoms with Crippen LogP contribution in [0.4, 0.5) is 0 Å². The molecule has 1 aliphatic heterocycles. The molecule has 4 rings (SSSR count). The molecule has 0 saturated heterocycles. The van der Waals surface area contributed by atoms with E-state index < -0.39 is 0 Å². The number of aromatic nitrogens is 3. The Bertz CT molecular complexity index is 1010. The van der Waals surface area contributed by atoms with Crippen molar-refractivity contribution in [3.05, 3.63) is 34.0 Å². The fourth-order valence-electron chi connectivity index (χ4n) is 3.18. The molecule has 0 aliphatic carbocycles. The molecule has 1 aliphatic rings. The van der Waals surface area contributed by atoms with Crippen molar-refractivity contribution in [2.45, 2.75) is 45.4 Å². The lowest BCUT2D eigenvalue weighted by atomic mass is 9.91. The lowest BCUT2D eigenvalue weighted by Gasteiger charge is -2.33. The Kier molecular flexibility index (Phi) is 4.10. The van der Waals surface area contributed by atoms with Gasteiger partial charge in [-0.05, 0) is 19.4 Å². The minimum absolute atomic E-state index is 0.0299. The van der Waals surface area contributed by atoms with Crippen LogP contribution < -0.4 is 5.56 Å². The van der Waals surface area contributed by atoms with Gasteiger partial charge in [0, 0.05) is 24.5 Å². The van der Waals surface area contributed by atoms with Crippen molar-refractivity contribution in [2.24, 2.45) is 0 Å². The molecule has 4 heterocycles. The molecule has 3 aromatic rings. The molecule has 6 nitrogen and oxygen atoms in total. The number of rotatable bonds is 4. The molecule has 3 aromatic heterocycles. The van der Waals surface area contributed by atoms with Crippen molar-refractivity contribution in [2.75, 3.05) is 13.7 Å². The number of ether oxygens (including phenoxy) is 2. The number of nitrogens with zero attached hydrogens (tertiary/aromatic N) is 3. The van der Waals surface area contributed by atoms with Gasteiger partial charge in [0.15, 0.2) is 0 Å². The number of methoxy groups -OCH3 is 1. The average molecular weight is 359 g/mol. The topological polar surface area (TPSA) is 66.2 Å². The monoisotopic (exact) mass is 359 g/mol.